The first kappa shape index (κ1) is 23.1. The molecule has 6 nitrogen and oxygen atoms in total. The van der Waals surface area contributed by atoms with Crippen molar-refractivity contribution in [3.63, 3.8) is 0 Å². The zero-order valence-electron chi connectivity index (χ0n) is 18.6. The van der Waals surface area contributed by atoms with Crippen LogP contribution in [0.3, 0.4) is 0 Å². The second-order valence-corrected chi connectivity index (χ2v) is 7.79. The van der Waals surface area contributed by atoms with Gasteiger partial charge in [-0.1, -0.05) is 31.5 Å². The fraction of sp³-hybridized carbons (Fsp3) is 0.308. The van der Waals surface area contributed by atoms with E-state index in [9.17, 15) is 9.59 Å². The lowest BCUT2D eigenvalue weighted by Gasteiger charge is -2.11. The number of anilines is 1. The van der Waals surface area contributed by atoms with Gasteiger partial charge in [-0.3, -0.25) is 9.59 Å². The maximum atomic E-state index is 12.6. The van der Waals surface area contributed by atoms with Gasteiger partial charge in [-0.25, -0.2) is 0 Å². The molecule has 168 valence electrons. The molecule has 0 fully saturated rings. The molecule has 1 aromatic heterocycles. The number of carboxylic acid groups (broad SMARTS) is 1. The van der Waals surface area contributed by atoms with Crippen molar-refractivity contribution in [3.05, 3.63) is 66.4 Å². The zero-order chi connectivity index (χ0) is 22.9. The summed E-state index contributed by atoms with van der Waals surface area (Å²) in [5.74, 6) is -0.580. The van der Waals surface area contributed by atoms with Gasteiger partial charge in [-0.15, -0.1) is 0 Å². The number of para-hydroxylation sites is 2. The van der Waals surface area contributed by atoms with Gasteiger partial charge in [0.2, 0.25) is 5.91 Å². The number of benzene rings is 2. The summed E-state index contributed by atoms with van der Waals surface area (Å²) in [4.78, 5) is 23.3. The second kappa shape index (κ2) is 11.2. The fourth-order valence-corrected chi connectivity index (χ4v) is 3.52. The third kappa shape index (κ3) is 6.23. The number of aliphatic carboxylic acids is 1. The standard InChI is InChI=1S/C26H30N2O4/c1-3-4-14-28-15-13-21-18-20(11-12-23(21)28)19(2)17-25(29)27-22-8-5-6-9-24(22)32-16-7-10-26(30)31/h5-6,8-9,11-13,15,17-18H,3-4,7,10,14,16H2,1-2H3,(H,27,29)(H,30,31)/b19-17+. The van der Waals surface area contributed by atoms with E-state index in [1.54, 1.807) is 18.2 Å². The number of hydrogen-bond donors (Lipinski definition) is 2. The molecule has 0 bridgehead atoms. The lowest BCUT2D eigenvalue weighted by molar-refractivity contribution is -0.137. The van der Waals surface area contributed by atoms with Crippen LogP contribution in [0.2, 0.25) is 0 Å². The number of hydrogen-bond acceptors (Lipinski definition) is 3. The van der Waals surface area contributed by atoms with Gasteiger partial charge in [0, 0.05) is 36.1 Å². The van der Waals surface area contributed by atoms with Crippen LogP contribution >= 0.6 is 0 Å². The highest BCUT2D eigenvalue weighted by molar-refractivity contribution is 6.04. The topological polar surface area (TPSA) is 80.6 Å². The van der Waals surface area contributed by atoms with Gasteiger partial charge in [0.15, 0.2) is 0 Å². The third-order valence-corrected chi connectivity index (χ3v) is 5.26. The molecule has 0 atom stereocenters. The molecule has 2 N–H and O–H groups in total. The number of nitrogens with one attached hydrogen (secondary N) is 1. The highest BCUT2D eigenvalue weighted by Crippen LogP contribution is 2.25. The van der Waals surface area contributed by atoms with E-state index in [0.29, 0.717) is 17.9 Å². The summed E-state index contributed by atoms with van der Waals surface area (Å²) in [5.41, 5.74) is 3.62. The van der Waals surface area contributed by atoms with Crippen molar-refractivity contribution in [2.45, 2.75) is 46.1 Å². The van der Waals surface area contributed by atoms with Crippen LogP contribution in [0.1, 0.15) is 45.1 Å². The number of carbonyl (C=O) groups excluding carboxylic acids is 1. The maximum absolute atomic E-state index is 12.6. The number of carboxylic acids is 1. The summed E-state index contributed by atoms with van der Waals surface area (Å²) in [6.45, 7) is 5.39. The Morgan fingerprint density at radius 1 is 1.12 bits per heavy atom. The Balaban J connectivity index is 1.67. The average molecular weight is 435 g/mol. The summed E-state index contributed by atoms with van der Waals surface area (Å²) in [7, 11) is 0. The predicted octanol–water partition coefficient (Wildman–Crippen LogP) is 5.73. The number of allylic oxidation sites excluding steroid dienone is 1. The molecule has 6 heteroatoms. The van der Waals surface area contributed by atoms with E-state index >= 15 is 0 Å². The van der Waals surface area contributed by atoms with E-state index in [4.69, 9.17) is 9.84 Å². The SMILES string of the molecule is CCCCn1ccc2cc(/C(C)=C/C(=O)Nc3ccccc3OCCCC(=O)O)ccc21. The Morgan fingerprint density at radius 3 is 2.72 bits per heavy atom. The minimum absolute atomic E-state index is 0.0444. The van der Waals surface area contributed by atoms with E-state index in [0.717, 1.165) is 35.9 Å². The molecule has 1 amide bonds. The Bertz CT molecular complexity index is 1110. The molecule has 0 spiro atoms. The highest BCUT2D eigenvalue weighted by Gasteiger charge is 2.09. The molecule has 0 aliphatic rings. The van der Waals surface area contributed by atoms with Crippen LogP contribution < -0.4 is 10.1 Å². The van der Waals surface area contributed by atoms with E-state index in [1.807, 2.05) is 25.1 Å². The van der Waals surface area contributed by atoms with Crippen molar-refractivity contribution in [1.82, 2.24) is 4.57 Å². The number of amides is 1. The fourth-order valence-electron chi connectivity index (χ4n) is 3.52. The average Bonchev–Trinajstić information content (AvgIpc) is 3.18. The molecule has 0 saturated carbocycles. The number of ether oxygens (including phenoxy) is 1. The van der Waals surface area contributed by atoms with E-state index in [2.05, 4.69) is 41.2 Å². The lowest BCUT2D eigenvalue weighted by atomic mass is 10.0. The molecule has 0 unspecified atom stereocenters. The smallest absolute Gasteiger partial charge is 0.303 e. The minimum Gasteiger partial charge on any atom is -0.491 e. The van der Waals surface area contributed by atoms with Crippen LogP contribution in [0.15, 0.2) is 60.8 Å². The summed E-state index contributed by atoms with van der Waals surface area (Å²) in [6, 6.07) is 15.5. The molecule has 32 heavy (non-hydrogen) atoms. The Morgan fingerprint density at radius 2 is 1.94 bits per heavy atom. The van der Waals surface area contributed by atoms with Crippen LogP contribution in [0.5, 0.6) is 5.75 Å². The van der Waals surface area contributed by atoms with E-state index < -0.39 is 5.97 Å². The van der Waals surface area contributed by atoms with E-state index in [-0.39, 0.29) is 18.9 Å². The molecule has 0 aliphatic heterocycles. The van der Waals surface area contributed by atoms with Gasteiger partial charge < -0.3 is 19.7 Å². The van der Waals surface area contributed by atoms with Gasteiger partial charge in [0.25, 0.3) is 0 Å². The third-order valence-electron chi connectivity index (χ3n) is 5.26. The Hall–Kier alpha value is -3.54. The maximum Gasteiger partial charge on any atom is 0.303 e. The zero-order valence-corrected chi connectivity index (χ0v) is 18.6. The van der Waals surface area contributed by atoms with Crippen molar-refractivity contribution in [2.75, 3.05) is 11.9 Å². The summed E-state index contributed by atoms with van der Waals surface area (Å²) >= 11 is 0. The molecule has 3 rings (SSSR count). The van der Waals surface area contributed by atoms with Gasteiger partial charge in [-0.05, 0) is 61.2 Å². The van der Waals surface area contributed by atoms with Crippen LogP contribution in [0.25, 0.3) is 16.5 Å². The van der Waals surface area contributed by atoms with Crippen molar-refractivity contribution in [2.24, 2.45) is 0 Å². The Labute approximate surface area is 188 Å². The van der Waals surface area contributed by atoms with Gasteiger partial charge in [-0.2, -0.15) is 0 Å². The van der Waals surface area contributed by atoms with Crippen LogP contribution in [0, 0.1) is 0 Å². The summed E-state index contributed by atoms with van der Waals surface area (Å²) < 4.78 is 7.92. The first-order valence-electron chi connectivity index (χ1n) is 11.0. The number of aryl methyl sites for hydroxylation is 1. The van der Waals surface area contributed by atoms with Crippen LogP contribution in [-0.4, -0.2) is 28.2 Å². The number of rotatable bonds is 11. The Kier molecular flexibility index (Phi) is 8.08. The molecule has 1 heterocycles. The second-order valence-electron chi connectivity index (χ2n) is 7.79. The van der Waals surface area contributed by atoms with E-state index in [1.165, 1.54) is 5.52 Å². The molecular weight excluding hydrogens is 404 g/mol. The van der Waals surface area contributed by atoms with Gasteiger partial charge in [0.1, 0.15) is 5.75 Å². The number of aromatic nitrogens is 1. The molecule has 3 aromatic rings. The van der Waals surface area contributed by atoms with Crippen molar-refractivity contribution >= 4 is 34.0 Å². The molecule has 0 saturated heterocycles. The van der Waals surface area contributed by atoms with Gasteiger partial charge in [0.05, 0.1) is 12.3 Å². The first-order valence-corrected chi connectivity index (χ1v) is 11.0. The van der Waals surface area contributed by atoms with Crippen molar-refractivity contribution in [3.8, 4) is 5.75 Å². The monoisotopic (exact) mass is 434 g/mol. The first-order chi connectivity index (χ1) is 15.5. The molecule has 0 aliphatic carbocycles. The normalized spacial score (nSPS) is 11.5. The van der Waals surface area contributed by atoms with Crippen LogP contribution in [-0.2, 0) is 16.1 Å². The summed E-state index contributed by atoms with van der Waals surface area (Å²) in [5, 5.41) is 12.8. The largest absolute Gasteiger partial charge is 0.491 e. The van der Waals surface area contributed by atoms with Gasteiger partial charge >= 0.3 is 5.97 Å². The highest BCUT2D eigenvalue weighted by atomic mass is 16.5. The number of unbranched alkanes of at least 4 members (excludes halogenated alkanes) is 1. The van der Waals surface area contributed by atoms with Crippen molar-refractivity contribution in [1.29, 1.82) is 0 Å². The number of fused-ring (bicyclic) bond motifs is 1. The molecule has 0 radical (unpaired) electrons. The molecule has 2 aromatic carbocycles. The minimum atomic E-state index is -0.855. The molecular formula is C26H30N2O4. The lowest BCUT2D eigenvalue weighted by Crippen LogP contribution is -2.11. The van der Waals surface area contributed by atoms with Crippen molar-refractivity contribution < 1.29 is 19.4 Å². The summed E-state index contributed by atoms with van der Waals surface area (Å²) in [6.07, 6.45) is 6.45. The van der Waals surface area contributed by atoms with Crippen LogP contribution in [0.4, 0.5) is 5.69 Å². The number of nitrogens with zero attached hydrogens (tertiary/aromatic N) is 1. The number of carbonyl (C=O) groups is 2. The predicted molar refractivity (Wildman–Crippen MR) is 128 cm³/mol. The quantitative estimate of drug-likeness (QED) is 0.298.